The zero-order valence-electron chi connectivity index (χ0n) is 10.0. The molecule has 0 saturated carbocycles. The fourth-order valence-electron chi connectivity index (χ4n) is 2.41. The fourth-order valence-corrected chi connectivity index (χ4v) is 2.41. The first-order chi connectivity index (χ1) is 8.55. The molecule has 2 aliphatic heterocycles. The van der Waals surface area contributed by atoms with Gasteiger partial charge in [-0.15, -0.1) is 5.10 Å². The fraction of sp³-hybridized carbons (Fsp3) is 0.667. The van der Waals surface area contributed by atoms with Gasteiger partial charge in [0.05, 0.1) is 0 Å². The van der Waals surface area contributed by atoms with Crippen molar-refractivity contribution in [1.82, 2.24) is 15.1 Å². The molecule has 2 atom stereocenters. The van der Waals surface area contributed by atoms with Crippen LogP contribution in [0.4, 0.5) is 13.2 Å². The molecule has 2 saturated heterocycles. The quantitative estimate of drug-likeness (QED) is 0.717. The van der Waals surface area contributed by atoms with Crippen LogP contribution in [0.25, 0.3) is 0 Å². The van der Waals surface area contributed by atoms with Crippen molar-refractivity contribution in [3.8, 4) is 0 Å². The van der Waals surface area contributed by atoms with Gasteiger partial charge in [-0.1, -0.05) is 0 Å². The van der Waals surface area contributed by atoms with E-state index in [2.05, 4.69) is 15.1 Å². The van der Waals surface area contributed by atoms with Crippen molar-refractivity contribution >= 4 is 0 Å². The molecule has 0 N–H and O–H groups in total. The lowest BCUT2D eigenvalue weighted by atomic mass is 10.0. The lowest BCUT2D eigenvalue weighted by Crippen LogP contribution is -2.25. The lowest BCUT2D eigenvalue weighted by Gasteiger charge is -2.20. The van der Waals surface area contributed by atoms with Gasteiger partial charge in [-0.25, -0.2) is 0 Å². The highest BCUT2D eigenvalue weighted by Gasteiger charge is 2.32. The minimum Gasteiger partial charge on any atom is -0.303 e. The molecule has 1 aromatic rings. The first-order valence-corrected chi connectivity index (χ1v) is 6.13. The molecular weight excluding hydrogens is 243 g/mol. The molecule has 2 fully saturated rings. The molecule has 1 aromatic heterocycles. The summed E-state index contributed by atoms with van der Waals surface area (Å²) in [5, 5.41) is 5.96. The molecule has 0 aliphatic carbocycles. The van der Waals surface area contributed by atoms with Crippen LogP contribution in [0.5, 0.6) is 0 Å². The van der Waals surface area contributed by atoms with Crippen LogP contribution in [0.2, 0.25) is 0 Å². The summed E-state index contributed by atoms with van der Waals surface area (Å²) in [5.74, 6) is 1.09. The Balaban J connectivity index is 0.000000136. The van der Waals surface area contributed by atoms with Crippen molar-refractivity contribution in [2.45, 2.75) is 25.4 Å². The van der Waals surface area contributed by atoms with E-state index in [0.717, 1.165) is 12.0 Å². The molecule has 2 unspecified atom stereocenters. The number of hydrogen-bond donors (Lipinski definition) is 0. The Morgan fingerprint density at radius 1 is 1.22 bits per heavy atom. The maximum absolute atomic E-state index is 11.7. The predicted octanol–water partition coefficient (Wildman–Crippen LogP) is 2.60. The third-order valence-corrected chi connectivity index (χ3v) is 3.32. The standard InChI is InChI=1S/C7H13N.C5H3F3N2/c1-2-7-3-5-8(4-1)6-7;6-5(7,8)4-2-1-3-9-10-4/h7H,1-6H2;1-3H. The maximum atomic E-state index is 11.7. The Hall–Kier alpha value is -1.17. The Bertz CT molecular complexity index is 353. The Labute approximate surface area is 104 Å². The largest absolute Gasteiger partial charge is 0.435 e. The molecule has 2 bridgehead atoms. The van der Waals surface area contributed by atoms with Crippen molar-refractivity contribution in [1.29, 1.82) is 0 Å². The molecule has 3 rings (SSSR count). The minimum absolute atomic E-state index is 0.868. The summed E-state index contributed by atoms with van der Waals surface area (Å²) >= 11 is 0. The average Bonchev–Trinajstić information content (AvgIpc) is 2.69. The number of nitrogens with zero attached hydrogens (tertiary/aromatic N) is 3. The van der Waals surface area contributed by atoms with Crippen LogP contribution in [0.1, 0.15) is 25.0 Å². The summed E-state index contributed by atoms with van der Waals surface area (Å²) in [6.45, 7) is 4.20. The summed E-state index contributed by atoms with van der Waals surface area (Å²) < 4.78 is 35.1. The third-order valence-electron chi connectivity index (χ3n) is 3.32. The van der Waals surface area contributed by atoms with E-state index in [9.17, 15) is 13.2 Å². The van der Waals surface area contributed by atoms with Gasteiger partial charge in [0, 0.05) is 12.7 Å². The van der Waals surface area contributed by atoms with Gasteiger partial charge in [-0.2, -0.15) is 18.3 Å². The van der Waals surface area contributed by atoms with Crippen LogP contribution < -0.4 is 0 Å². The smallest absolute Gasteiger partial charge is 0.303 e. The highest BCUT2D eigenvalue weighted by atomic mass is 19.4. The second kappa shape index (κ2) is 5.65. The number of alkyl halides is 3. The highest BCUT2D eigenvalue weighted by Crippen LogP contribution is 2.26. The second-order valence-electron chi connectivity index (χ2n) is 4.70. The molecule has 6 heteroatoms. The van der Waals surface area contributed by atoms with Gasteiger partial charge in [-0.05, 0) is 50.4 Å². The van der Waals surface area contributed by atoms with E-state index in [4.69, 9.17) is 0 Å². The van der Waals surface area contributed by atoms with Gasteiger partial charge >= 0.3 is 6.18 Å². The zero-order chi connectivity index (χ0) is 13.0. The summed E-state index contributed by atoms with van der Waals surface area (Å²) in [6.07, 6.45) is 1.27. The van der Waals surface area contributed by atoms with Crippen LogP contribution in [0.3, 0.4) is 0 Å². The van der Waals surface area contributed by atoms with Crippen LogP contribution in [-0.2, 0) is 6.18 Å². The van der Waals surface area contributed by atoms with Crippen molar-refractivity contribution in [2.24, 2.45) is 5.92 Å². The van der Waals surface area contributed by atoms with Crippen LogP contribution in [0.15, 0.2) is 18.3 Å². The monoisotopic (exact) mass is 259 g/mol. The van der Waals surface area contributed by atoms with Gasteiger partial charge in [0.2, 0.25) is 0 Å². The van der Waals surface area contributed by atoms with Crippen molar-refractivity contribution in [3.63, 3.8) is 0 Å². The van der Waals surface area contributed by atoms with Gasteiger partial charge in [-0.3, -0.25) is 0 Å². The molecule has 3 heterocycles. The highest BCUT2D eigenvalue weighted by molar-refractivity contribution is 5.02. The average molecular weight is 259 g/mol. The summed E-state index contributed by atoms with van der Waals surface area (Å²) in [4.78, 5) is 2.59. The van der Waals surface area contributed by atoms with Crippen molar-refractivity contribution in [3.05, 3.63) is 24.0 Å². The molecule has 18 heavy (non-hydrogen) atoms. The topological polar surface area (TPSA) is 29.0 Å². The molecule has 0 amide bonds. The molecular formula is C12H16F3N3. The predicted molar refractivity (Wildman–Crippen MR) is 60.8 cm³/mol. The van der Waals surface area contributed by atoms with Crippen molar-refractivity contribution < 1.29 is 13.2 Å². The van der Waals surface area contributed by atoms with Gasteiger partial charge in [0.1, 0.15) is 0 Å². The van der Waals surface area contributed by atoms with E-state index in [-0.39, 0.29) is 0 Å². The Morgan fingerprint density at radius 2 is 2.06 bits per heavy atom. The Kier molecular flexibility index (Phi) is 4.16. The molecule has 0 radical (unpaired) electrons. The van der Waals surface area contributed by atoms with Crippen LogP contribution in [-0.4, -0.2) is 34.7 Å². The Morgan fingerprint density at radius 3 is 2.56 bits per heavy atom. The van der Waals surface area contributed by atoms with Gasteiger partial charge in [0.25, 0.3) is 0 Å². The minimum atomic E-state index is -4.38. The number of hydrogen-bond acceptors (Lipinski definition) is 3. The maximum Gasteiger partial charge on any atom is 0.435 e. The number of halogens is 3. The number of rotatable bonds is 0. The lowest BCUT2D eigenvalue weighted by molar-refractivity contribution is -0.141. The first kappa shape index (κ1) is 13.3. The van der Waals surface area contributed by atoms with E-state index in [1.165, 1.54) is 51.2 Å². The molecule has 2 aliphatic rings. The van der Waals surface area contributed by atoms with E-state index < -0.39 is 11.9 Å². The van der Waals surface area contributed by atoms with Gasteiger partial charge in [0.15, 0.2) is 5.69 Å². The number of aromatic nitrogens is 2. The van der Waals surface area contributed by atoms with Gasteiger partial charge < -0.3 is 4.90 Å². The first-order valence-electron chi connectivity index (χ1n) is 6.13. The van der Waals surface area contributed by atoms with Crippen LogP contribution in [0, 0.1) is 5.92 Å². The number of piperidine rings is 1. The summed E-state index contributed by atoms with van der Waals surface area (Å²) in [5.41, 5.74) is -0.963. The SMILES string of the molecule is C1CC2CCN(C1)C2.FC(F)(F)c1cccnn1. The van der Waals surface area contributed by atoms with Crippen LogP contribution >= 0.6 is 0 Å². The number of fused-ring (bicyclic) bond motifs is 2. The molecule has 100 valence electrons. The molecule has 0 spiro atoms. The third kappa shape index (κ3) is 3.66. The van der Waals surface area contributed by atoms with E-state index in [1.54, 1.807) is 0 Å². The molecule has 0 aromatic carbocycles. The van der Waals surface area contributed by atoms with E-state index in [0.29, 0.717) is 0 Å². The second-order valence-corrected chi connectivity index (χ2v) is 4.70. The summed E-state index contributed by atoms with van der Waals surface area (Å²) in [7, 11) is 0. The normalized spacial score (nSPS) is 26.4. The zero-order valence-corrected chi connectivity index (χ0v) is 10.0. The van der Waals surface area contributed by atoms with E-state index >= 15 is 0 Å². The summed E-state index contributed by atoms with van der Waals surface area (Å²) in [6, 6.07) is 2.06. The molecule has 3 nitrogen and oxygen atoms in total. The van der Waals surface area contributed by atoms with Crippen molar-refractivity contribution in [2.75, 3.05) is 19.6 Å². The van der Waals surface area contributed by atoms with E-state index in [1.807, 2.05) is 0 Å².